The van der Waals surface area contributed by atoms with Crippen LogP contribution < -0.4 is 4.90 Å². The van der Waals surface area contributed by atoms with Crippen molar-refractivity contribution in [2.24, 2.45) is 0 Å². The van der Waals surface area contributed by atoms with Crippen LogP contribution in [0, 0.1) is 0 Å². The van der Waals surface area contributed by atoms with E-state index in [9.17, 15) is 0 Å². The lowest BCUT2D eigenvalue weighted by Gasteiger charge is -2.26. The van der Waals surface area contributed by atoms with Crippen LogP contribution in [0.2, 0.25) is 0 Å². The Morgan fingerprint density at radius 3 is 1.73 bits per heavy atom. The molecular weight excluding hydrogens is 671 g/mol. The molecule has 0 saturated heterocycles. The van der Waals surface area contributed by atoms with Gasteiger partial charge in [0, 0.05) is 38.6 Å². The van der Waals surface area contributed by atoms with Gasteiger partial charge in [0.1, 0.15) is 22.3 Å². The highest BCUT2D eigenvalue weighted by Crippen LogP contribution is 2.42. The van der Waals surface area contributed by atoms with Gasteiger partial charge in [-0.15, -0.1) is 0 Å². The quantitative estimate of drug-likeness (QED) is 0.173. The van der Waals surface area contributed by atoms with E-state index in [-0.39, 0.29) is 0 Å². The van der Waals surface area contributed by atoms with Crippen LogP contribution in [0.1, 0.15) is 0 Å². The van der Waals surface area contributed by atoms with E-state index in [0.29, 0.717) is 0 Å². The van der Waals surface area contributed by atoms with Gasteiger partial charge in [0.2, 0.25) is 0 Å². The molecule has 0 spiro atoms. The fourth-order valence-electron chi connectivity index (χ4n) is 8.27. The number of anilines is 3. The minimum absolute atomic E-state index is 0.875. The molecule has 2 heterocycles. The lowest BCUT2D eigenvalue weighted by molar-refractivity contribution is 0.668. The highest BCUT2D eigenvalue weighted by molar-refractivity contribution is 6.12. The van der Waals surface area contributed by atoms with Crippen LogP contribution in [0.15, 0.2) is 209 Å². The second-order valence-electron chi connectivity index (χ2n) is 14.1. The zero-order valence-corrected chi connectivity index (χ0v) is 29.8. The van der Waals surface area contributed by atoms with Crippen LogP contribution in [0.5, 0.6) is 0 Å². The number of benzene rings is 9. The van der Waals surface area contributed by atoms with Crippen LogP contribution in [-0.2, 0) is 0 Å². The highest BCUT2D eigenvalue weighted by atomic mass is 16.3. The summed E-state index contributed by atoms with van der Waals surface area (Å²) in [5, 5.41) is 6.96. The van der Waals surface area contributed by atoms with Gasteiger partial charge in [-0.1, -0.05) is 133 Å². The Morgan fingerprint density at radius 1 is 0.291 bits per heavy atom. The molecule has 0 aliphatic carbocycles. The Labute approximate surface area is 317 Å². The first-order chi connectivity index (χ1) is 27.2. The molecule has 11 rings (SSSR count). The second kappa shape index (κ2) is 12.6. The predicted octanol–water partition coefficient (Wildman–Crippen LogP) is 15.1. The maximum absolute atomic E-state index is 6.25. The van der Waals surface area contributed by atoms with Gasteiger partial charge < -0.3 is 13.7 Å². The van der Waals surface area contributed by atoms with E-state index in [1.165, 1.54) is 27.5 Å². The molecule has 0 atom stereocenters. The first-order valence-electron chi connectivity index (χ1n) is 18.7. The zero-order chi connectivity index (χ0) is 36.3. The smallest absolute Gasteiger partial charge is 0.136 e. The van der Waals surface area contributed by atoms with Crippen molar-refractivity contribution in [3.63, 3.8) is 0 Å². The molecule has 11 aromatic rings. The molecule has 55 heavy (non-hydrogen) atoms. The third kappa shape index (κ3) is 5.28. The number of furan rings is 2. The molecular formula is C52H33NO2. The summed E-state index contributed by atoms with van der Waals surface area (Å²) in [7, 11) is 0. The minimum Gasteiger partial charge on any atom is -0.456 e. The largest absolute Gasteiger partial charge is 0.456 e. The van der Waals surface area contributed by atoms with Gasteiger partial charge in [-0.3, -0.25) is 0 Å². The van der Waals surface area contributed by atoms with E-state index in [1.807, 2.05) is 24.3 Å². The predicted molar refractivity (Wildman–Crippen MR) is 229 cm³/mol. The average molecular weight is 704 g/mol. The maximum atomic E-state index is 6.25. The first-order valence-corrected chi connectivity index (χ1v) is 18.7. The molecule has 0 unspecified atom stereocenters. The van der Waals surface area contributed by atoms with Crippen molar-refractivity contribution in [3.05, 3.63) is 200 Å². The normalized spacial score (nSPS) is 11.6. The molecule has 0 N–H and O–H groups in total. The molecule has 3 nitrogen and oxygen atoms in total. The molecule has 3 heteroatoms. The molecule has 2 aromatic heterocycles. The van der Waals surface area contributed by atoms with E-state index in [2.05, 4.69) is 181 Å². The summed E-state index contributed by atoms with van der Waals surface area (Å²) >= 11 is 0. The summed E-state index contributed by atoms with van der Waals surface area (Å²) in [5.41, 5.74) is 13.8. The van der Waals surface area contributed by atoms with E-state index in [1.54, 1.807) is 0 Å². The minimum atomic E-state index is 0.875. The Bertz CT molecular complexity index is 3220. The molecule has 0 aliphatic heterocycles. The fourth-order valence-corrected chi connectivity index (χ4v) is 8.27. The van der Waals surface area contributed by atoms with Gasteiger partial charge in [-0.2, -0.15) is 0 Å². The van der Waals surface area contributed by atoms with Crippen molar-refractivity contribution in [2.75, 3.05) is 4.90 Å². The SMILES string of the molecule is c1cc(-c2cccc(N(c3ccc(-c4cccc5oc6ccccc6c45)cc3)c3ccc4oc5ccccc5c4c3)c2)cc(-c2cccc3ccccc23)c1. The number of rotatable bonds is 6. The molecule has 9 aromatic carbocycles. The second-order valence-corrected chi connectivity index (χ2v) is 14.1. The Morgan fingerprint density at radius 2 is 0.855 bits per heavy atom. The van der Waals surface area contributed by atoms with Crippen molar-refractivity contribution in [1.29, 1.82) is 0 Å². The monoisotopic (exact) mass is 703 g/mol. The van der Waals surface area contributed by atoms with Crippen LogP contribution in [0.3, 0.4) is 0 Å². The Balaban J connectivity index is 1.05. The fraction of sp³-hybridized carbons (Fsp3) is 0. The van der Waals surface area contributed by atoms with Crippen LogP contribution in [0.25, 0.3) is 88.0 Å². The standard InChI is InChI=1S/C52H33NO2/c1-2-17-42-34(11-1)12-9-20-43(42)38-15-7-13-36(31-38)37-14-8-16-40(32-37)53(41-29-30-50-47(33-41)45-18-3-5-22-48(45)54-50)39-27-25-35(26-28-39)44-21-10-24-51-52(44)46-19-4-6-23-49(46)55-51/h1-33H. The summed E-state index contributed by atoms with van der Waals surface area (Å²) in [6.07, 6.45) is 0. The lowest BCUT2D eigenvalue weighted by Crippen LogP contribution is -2.10. The zero-order valence-electron chi connectivity index (χ0n) is 29.8. The summed E-state index contributed by atoms with van der Waals surface area (Å²) in [6, 6.07) is 71.1. The number of hydrogen-bond acceptors (Lipinski definition) is 3. The van der Waals surface area contributed by atoms with Gasteiger partial charge >= 0.3 is 0 Å². The summed E-state index contributed by atoms with van der Waals surface area (Å²) in [6.45, 7) is 0. The van der Waals surface area contributed by atoms with Crippen molar-refractivity contribution >= 4 is 71.7 Å². The lowest BCUT2D eigenvalue weighted by atomic mass is 9.95. The van der Waals surface area contributed by atoms with E-state index >= 15 is 0 Å². The van der Waals surface area contributed by atoms with E-state index < -0.39 is 0 Å². The first kappa shape index (κ1) is 31.2. The molecule has 0 bridgehead atoms. The van der Waals surface area contributed by atoms with E-state index in [0.717, 1.165) is 77.6 Å². The third-order valence-electron chi connectivity index (χ3n) is 10.9. The van der Waals surface area contributed by atoms with Gasteiger partial charge in [-0.05, 0) is 111 Å². The molecule has 0 aliphatic rings. The Hall–Kier alpha value is -7.36. The third-order valence-corrected chi connectivity index (χ3v) is 10.9. The summed E-state index contributed by atoms with van der Waals surface area (Å²) in [4.78, 5) is 2.34. The number of fused-ring (bicyclic) bond motifs is 7. The molecule has 0 amide bonds. The van der Waals surface area contributed by atoms with Crippen molar-refractivity contribution in [2.45, 2.75) is 0 Å². The van der Waals surface area contributed by atoms with Gasteiger partial charge in [0.25, 0.3) is 0 Å². The van der Waals surface area contributed by atoms with Crippen LogP contribution >= 0.6 is 0 Å². The molecule has 0 fully saturated rings. The molecule has 0 saturated carbocycles. The molecule has 0 radical (unpaired) electrons. The number of hydrogen-bond donors (Lipinski definition) is 0. The van der Waals surface area contributed by atoms with Gasteiger partial charge in [-0.25, -0.2) is 0 Å². The average Bonchev–Trinajstić information content (AvgIpc) is 3.82. The van der Waals surface area contributed by atoms with Crippen molar-refractivity contribution < 1.29 is 8.83 Å². The number of para-hydroxylation sites is 2. The topological polar surface area (TPSA) is 29.5 Å². The Kier molecular flexibility index (Phi) is 7.17. The maximum Gasteiger partial charge on any atom is 0.136 e. The summed E-state index contributed by atoms with van der Waals surface area (Å²) < 4.78 is 12.5. The van der Waals surface area contributed by atoms with Crippen molar-refractivity contribution in [3.8, 4) is 33.4 Å². The van der Waals surface area contributed by atoms with Crippen LogP contribution in [0.4, 0.5) is 17.1 Å². The summed E-state index contributed by atoms with van der Waals surface area (Å²) in [5.74, 6) is 0. The van der Waals surface area contributed by atoms with E-state index in [4.69, 9.17) is 8.83 Å². The van der Waals surface area contributed by atoms with Gasteiger partial charge in [0.15, 0.2) is 0 Å². The van der Waals surface area contributed by atoms with Gasteiger partial charge in [0.05, 0.1) is 0 Å². The number of nitrogens with zero attached hydrogens (tertiary/aromatic N) is 1. The van der Waals surface area contributed by atoms with Crippen LogP contribution in [-0.4, -0.2) is 0 Å². The highest BCUT2D eigenvalue weighted by Gasteiger charge is 2.18. The van der Waals surface area contributed by atoms with Crippen molar-refractivity contribution in [1.82, 2.24) is 0 Å². The molecule has 258 valence electrons.